The van der Waals surface area contributed by atoms with Crippen LogP contribution in [0.4, 0.5) is 14.4 Å². The van der Waals surface area contributed by atoms with Crippen LogP contribution in [0.15, 0.2) is 61.2 Å². The molecule has 2 aliphatic rings. The standard InChI is InChI=1S/C35H45N3O8/c1-5-21-43-31(39)30(37-33(41)45-23-29-27-14-8-6-12-25(27)26-13-7-9-15-28(26)29)16-10-11-22-44-32(40)36-24-17-19-38(20-18-24)34(42)46-35(2,3)4/h5-9,12-15,24,29-30H,1,10-11,16-23H2,2-4H3,(H,36,40)(H,37,41)/t30-/m1/s1. The molecule has 1 fully saturated rings. The lowest BCUT2D eigenvalue weighted by molar-refractivity contribution is -0.145. The number of carbonyl (C=O) groups excluding carboxylic acids is 4. The molecule has 46 heavy (non-hydrogen) atoms. The number of carbonyl (C=O) groups is 4. The third kappa shape index (κ3) is 9.73. The molecule has 2 N–H and O–H groups in total. The molecule has 2 aromatic rings. The van der Waals surface area contributed by atoms with Gasteiger partial charge in [-0.1, -0.05) is 61.2 Å². The smallest absolute Gasteiger partial charge is 0.410 e. The van der Waals surface area contributed by atoms with Gasteiger partial charge in [-0.2, -0.15) is 0 Å². The Morgan fingerprint density at radius 2 is 1.54 bits per heavy atom. The second kappa shape index (κ2) is 16.1. The van der Waals surface area contributed by atoms with Crippen LogP contribution in [0.25, 0.3) is 11.1 Å². The average Bonchev–Trinajstić information content (AvgIpc) is 3.35. The predicted octanol–water partition coefficient (Wildman–Crippen LogP) is 5.92. The molecular weight excluding hydrogens is 590 g/mol. The summed E-state index contributed by atoms with van der Waals surface area (Å²) in [5, 5.41) is 5.49. The second-order valence-electron chi connectivity index (χ2n) is 12.5. The van der Waals surface area contributed by atoms with E-state index in [1.54, 1.807) is 4.90 Å². The molecule has 248 valence electrons. The normalized spacial score (nSPS) is 15.2. The van der Waals surface area contributed by atoms with Crippen LogP contribution in [0, 0.1) is 0 Å². The molecule has 0 aromatic heterocycles. The maximum absolute atomic E-state index is 12.8. The van der Waals surface area contributed by atoms with Gasteiger partial charge in [0.25, 0.3) is 0 Å². The van der Waals surface area contributed by atoms with E-state index < -0.39 is 29.8 Å². The Kier molecular flexibility index (Phi) is 12.1. The lowest BCUT2D eigenvalue weighted by Crippen LogP contribution is -2.47. The number of benzene rings is 2. The number of unbranched alkanes of at least 4 members (excludes halogenated alkanes) is 1. The highest BCUT2D eigenvalue weighted by atomic mass is 16.6. The predicted molar refractivity (Wildman–Crippen MR) is 172 cm³/mol. The summed E-state index contributed by atoms with van der Waals surface area (Å²) in [5.41, 5.74) is 3.87. The summed E-state index contributed by atoms with van der Waals surface area (Å²) in [4.78, 5) is 51.7. The highest BCUT2D eigenvalue weighted by molar-refractivity contribution is 5.82. The van der Waals surface area contributed by atoms with Gasteiger partial charge >= 0.3 is 24.2 Å². The van der Waals surface area contributed by atoms with Gasteiger partial charge in [-0.15, -0.1) is 0 Å². The van der Waals surface area contributed by atoms with Gasteiger partial charge < -0.3 is 34.5 Å². The highest BCUT2D eigenvalue weighted by Gasteiger charge is 2.30. The van der Waals surface area contributed by atoms with Crippen molar-refractivity contribution >= 4 is 24.2 Å². The van der Waals surface area contributed by atoms with Gasteiger partial charge in [0, 0.05) is 25.0 Å². The van der Waals surface area contributed by atoms with Gasteiger partial charge in [0.05, 0.1) is 6.61 Å². The van der Waals surface area contributed by atoms with Crippen LogP contribution < -0.4 is 10.6 Å². The quantitative estimate of drug-likeness (QED) is 0.127. The maximum Gasteiger partial charge on any atom is 0.410 e. The number of likely N-dealkylation sites (tertiary alicyclic amines) is 1. The van der Waals surface area contributed by atoms with Crippen molar-refractivity contribution in [3.05, 3.63) is 72.3 Å². The fourth-order valence-corrected chi connectivity index (χ4v) is 5.63. The van der Waals surface area contributed by atoms with E-state index >= 15 is 0 Å². The van der Waals surface area contributed by atoms with E-state index in [-0.39, 0.29) is 44.3 Å². The second-order valence-corrected chi connectivity index (χ2v) is 12.5. The molecule has 0 radical (unpaired) electrons. The fraction of sp³-hybridized carbons (Fsp3) is 0.486. The van der Waals surface area contributed by atoms with E-state index in [1.807, 2.05) is 57.2 Å². The number of amides is 3. The first-order valence-corrected chi connectivity index (χ1v) is 15.9. The molecule has 1 aliphatic heterocycles. The van der Waals surface area contributed by atoms with Crippen molar-refractivity contribution in [2.45, 2.75) is 76.5 Å². The van der Waals surface area contributed by atoms with Gasteiger partial charge in [0.2, 0.25) is 0 Å². The van der Waals surface area contributed by atoms with Gasteiger partial charge in [0.1, 0.15) is 24.9 Å². The van der Waals surface area contributed by atoms with Crippen molar-refractivity contribution in [3.63, 3.8) is 0 Å². The van der Waals surface area contributed by atoms with Crippen molar-refractivity contribution in [3.8, 4) is 11.1 Å². The summed E-state index contributed by atoms with van der Waals surface area (Å²) in [6.07, 6.45) is 2.29. The number of alkyl carbamates (subject to hydrolysis) is 2. The van der Waals surface area contributed by atoms with Crippen molar-refractivity contribution in [1.82, 2.24) is 15.5 Å². The molecule has 0 bridgehead atoms. The van der Waals surface area contributed by atoms with Crippen molar-refractivity contribution in [1.29, 1.82) is 0 Å². The first-order valence-electron chi connectivity index (χ1n) is 15.9. The number of fused-ring (bicyclic) bond motifs is 3. The molecule has 4 rings (SSSR count). The maximum atomic E-state index is 12.8. The van der Waals surface area contributed by atoms with E-state index in [4.69, 9.17) is 18.9 Å². The zero-order chi connectivity index (χ0) is 33.1. The number of hydrogen-bond acceptors (Lipinski definition) is 8. The third-order valence-electron chi connectivity index (χ3n) is 7.85. The minimum atomic E-state index is -0.931. The third-order valence-corrected chi connectivity index (χ3v) is 7.85. The summed E-state index contributed by atoms with van der Waals surface area (Å²) in [7, 11) is 0. The largest absolute Gasteiger partial charge is 0.460 e. The van der Waals surface area contributed by atoms with Crippen LogP contribution >= 0.6 is 0 Å². The number of rotatable bonds is 12. The van der Waals surface area contributed by atoms with E-state index in [2.05, 4.69) is 29.3 Å². The summed E-state index contributed by atoms with van der Waals surface area (Å²) in [6, 6.07) is 15.1. The SMILES string of the molecule is C=CCOC(=O)[C@@H](CCCCOC(=O)NC1CCN(C(=O)OC(C)(C)C)CC1)NC(=O)OCC1c2ccccc2-c2ccccc21. The minimum Gasteiger partial charge on any atom is -0.460 e. The van der Waals surface area contributed by atoms with Crippen LogP contribution in [-0.2, 0) is 23.7 Å². The van der Waals surface area contributed by atoms with E-state index in [0.29, 0.717) is 38.8 Å². The molecule has 2 aromatic carbocycles. The molecule has 3 amide bonds. The Labute approximate surface area is 270 Å². The van der Waals surface area contributed by atoms with E-state index in [9.17, 15) is 19.2 Å². The van der Waals surface area contributed by atoms with Gasteiger partial charge in [-0.3, -0.25) is 0 Å². The number of hydrogen-bond donors (Lipinski definition) is 2. The zero-order valence-corrected chi connectivity index (χ0v) is 26.9. The van der Waals surface area contributed by atoms with Crippen molar-refractivity contribution < 1.29 is 38.1 Å². The number of esters is 1. The highest BCUT2D eigenvalue weighted by Crippen LogP contribution is 2.44. The average molecular weight is 636 g/mol. The lowest BCUT2D eigenvalue weighted by atomic mass is 9.98. The number of nitrogens with one attached hydrogen (secondary N) is 2. The molecule has 1 saturated heterocycles. The zero-order valence-electron chi connectivity index (χ0n) is 26.9. The molecule has 1 atom stereocenters. The number of piperidine rings is 1. The van der Waals surface area contributed by atoms with Crippen LogP contribution in [0.3, 0.4) is 0 Å². The van der Waals surface area contributed by atoms with Crippen LogP contribution in [-0.4, -0.2) is 79.7 Å². The monoisotopic (exact) mass is 635 g/mol. The first kappa shape index (κ1) is 34.3. The van der Waals surface area contributed by atoms with Crippen molar-refractivity contribution in [2.75, 3.05) is 32.9 Å². The first-order chi connectivity index (χ1) is 22.1. The molecule has 11 heteroatoms. The minimum absolute atomic E-state index is 0.0156. The topological polar surface area (TPSA) is 132 Å². The Bertz CT molecular complexity index is 1330. The van der Waals surface area contributed by atoms with Crippen LogP contribution in [0.2, 0.25) is 0 Å². The fourth-order valence-electron chi connectivity index (χ4n) is 5.63. The molecule has 11 nitrogen and oxygen atoms in total. The Balaban J connectivity index is 1.18. The Morgan fingerprint density at radius 1 is 0.913 bits per heavy atom. The number of nitrogens with zero attached hydrogens (tertiary/aromatic N) is 1. The van der Waals surface area contributed by atoms with Gasteiger partial charge in [0.15, 0.2) is 0 Å². The van der Waals surface area contributed by atoms with Gasteiger partial charge in [-0.05, 0) is 75.1 Å². The lowest BCUT2D eigenvalue weighted by Gasteiger charge is -2.33. The summed E-state index contributed by atoms with van der Waals surface area (Å²) < 4.78 is 21.5. The van der Waals surface area contributed by atoms with E-state index in [1.165, 1.54) is 6.08 Å². The van der Waals surface area contributed by atoms with Crippen LogP contribution in [0.1, 0.15) is 69.9 Å². The number of ether oxygens (including phenoxy) is 4. The molecule has 0 saturated carbocycles. The molecule has 1 aliphatic carbocycles. The molecule has 0 unspecified atom stereocenters. The molecule has 0 spiro atoms. The summed E-state index contributed by atoms with van der Waals surface area (Å²) in [6.45, 7) is 10.3. The van der Waals surface area contributed by atoms with E-state index in [0.717, 1.165) is 22.3 Å². The molecular formula is C35H45N3O8. The van der Waals surface area contributed by atoms with Gasteiger partial charge in [-0.25, -0.2) is 19.2 Å². The Morgan fingerprint density at radius 3 is 2.15 bits per heavy atom. The van der Waals surface area contributed by atoms with Crippen molar-refractivity contribution in [2.24, 2.45) is 0 Å². The van der Waals surface area contributed by atoms with Crippen LogP contribution in [0.5, 0.6) is 0 Å². The Hall–Kier alpha value is -4.54. The summed E-state index contributed by atoms with van der Waals surface area (Å²) >= 11 is 0. The summed E-state index contributed by atoms with van der Waals surface area (Å²) in [5.74, 6) is -0.699. The molecule has 1 heterocycles.